The third kappa shape index (κ3) is 5.70. The molecule has 0 spiro atoms. The summed E-state index contributed by atoms with van der Waals surface area (Å²) >= 11 is 12.1. The summed E-state index contributed by atoms with van der Waals surface area (Å²) in [5.74, 6) is 3.04. The Hall–Kier alpha value is -0.273. The number of rotatable bonds is 3. The van der Waals surface area contributed by atoms with Gasteiger partial charge in [0, 0.05) is 9.92 Å². The zero-order chi connectivity index (χ0) is 14.6. The van der Waals surface area contributed by atoms with Gasteiger partial charge in [0.1, 0.15) is 13.5 Å². The van der Waals surface area contributed by atoms with Crippen molar-refractivity contribution in [1.82, 2.24) is 0 Å². The van der Waals surface area contributed by atoms with Gasteiger partial charge in [-0.05, 0) is 31.2 Å². The number of halogens is 2. The fourth-order valence-corrected chi connectivity index (χ4v) is 3.55. The Morgan fingerprint density at radius 3 is 2.21 bits per heavy atom. The van der Waals surface area contributed by atoms with Crippen molar-refractivity contribution in [2.75, 3.05) is 0 Å². The first-order chi connectivity index (χ1) is 8.70. The van der Waals surface area contributed by atoms with Crippen LogP contribution in [0.4, 0.5) is 0 Å². The Morgan fingerprint density at radius 1 is 1.21 bits per heavy atom. The quantitative estimate of drug-likeness (QED) is 0.457. The maximum atomic E-state index is 12.3. The fourth-order valence-electron chi connectivity index (χ4n) is 1.29. The third-order valence-electron chi connectivity index (χ3n) is 2.38. The minimum Gasteiger partial charge on any atom is -0.254 e. The molecule has 0 aromatic heterocycles. The van der Waals surface area contributed by atoms with Crippen LogP contribution >= 0.6 is 23.2 Å². The van der Waals surface area contributed by atoms with Crippen LogP contribution in [-0.4, -0.2) is 22.9 Å². The van der Waals surface area contributed by atoms with E-state index in [4.69, 9.17) is 23.2 Å². The standard InChI is InChI=1S/C14H18Cl2OSSi/c1-11(14(16)9-10-19(2,3)4)18(17)13-7-5-12(15)6-8-13/h5-8,11,14H,1-4H3. The van der Waals surface area contributed by atoms with E-state index in [-0.39, 0.29) is 5.25 Å². The highest BCUT2D eigenvalue weighted by molar-refractivity contribution is 7.85. The first kappa shape index (κ1) is 16.8. The van der Waals surface area contributed by atoms with Crippen molar-refractivity contribution in [3.63, 3.8) is 0 Å². The van der Waals surface area contributed by atoms with Crippen LogP contribution in [0.25, 0.3) is 0 Å². The summed E-state index contributed by atoms with van der Waals surface area (Å²) in [5, 5.41) is 0.0179. The van der Waals surface area contributed by atoms with Gasteiger partial charge in [0.25, 0.3) is 0 Å². The zero-order valence-electron chi connectivity index (χ0n) is 11.5. The van der Waals surface area contributed by atoms with Crippen molar-refractivity contribution >= 4 is 42.1 Å². The Labute approximate surface area is 129 Å². The van der Waals surface area contributed by atoms with Crippen LogP contribution in [0.2, 0.25) is 24.7 Å². The molecule has 0 bridgehead atoms. The molecule has 1 aromatic carbocycles. The van der Waals surface area contributed by atoms with Gasteiger partial charge in [-0.1, -0.05) is 37.2 Å². The van der Waals surface area contributed by atoms with Crippen molar-refractivity contribution in [3.05, 3.63) is 29.3 Å². The SMILES string of the molecule is CC(C(Cl)C#C[Si](C)(C)C)S(=O)c1ccc(Cl)cc1. The lowest BCUT2D eigenvalue weighted by Gasteiger charge is -2.14. The number of alkyl halides is 1. The predicted octanol–water partition coefficient (Wildman–Crippen LogP) is 4.32. The lowest BCUT2D eigenvalue weighted by atomic mass is 10.3. The second-order valence-electron chi connectivity index (χ2n) is 5.38. The van der Waals surface area contributed by atoms with Gasteiger partial charge in [-0.25, -0.2) is 0 Å². The molecule has 0 aliphatic heterocycles. The van der Waals surface area contributed by atoms with E-state index in [2.05, 4.69) is 31.1 Å². The van der Waals surface area contributed by atoms with Crippen LogP contribution < -0.4 is 0 Å². The average Bonchev–Trinajstić information content (AvgIpc) is 2.34. The number of hydrogen-bond acceptors (Lipinski definition) is 1. The predicted molar refractivity (Wildman–Crippen MR) is 88.1 cm³/mol. The van der Waals surface area contributed by atoms with Gasteiger partial charge in [0.05, 0.1) is 16.0 Å². The van der Waals surface area contributed by atoms with Gasteiger partial charge in [-0.2, -0.15) is 0 Å². The molecule has 1 rings (SSSR count). The summed E-state index contributed by atoms with van der Waals surface area (Å²) in [4.78, 5) is 0.734. The number of hydrogen-bond donors (Lipinski definition) is 0. The van der Waals surface area contributed by atoms with Gasteiger partial charge >= 0.3 is 0 Å². The van der Waals surface area contributed by atoms with E-state index in [9.17, 15) is 4.21 Å². The Bertz CT molecular complexity index is 511. The molecule has 0 radical (unpaired) electrons. The van der Waals surface area contributed by atoms with Crippen LogP contribution in [0.1, 0.15) is 6.92 Å². The molecule has 104 valence electrons. The monoisotopic (exact) mass is 332 g/mol. The van der Waals surface area contributed by atoms with Gasteiger partial charge in [-0.15, -0.1) is 17.1 Å². The molecule has 19 heavy (non-hydrogen) atoms. The molecule has 3 atom stereocenters. The maximum absolute atomic E-state index is 12.3. The van der Waals surface area contributed by atoms with Gasteiger partial charge in [-0.3, -0.25) is 4.21 Å². The van der Waals surface area contributed by atoms with Gasteiger partial charge in [0.15, 0.2) is 0 Å². The highest BCUT2D eigenvalue weighted by Gasteiger charge is 2.21. The molecule has 3 unspecified atom stereocenters. The molecule has 0 N–H and O–H groups in total. The van der Waals surface area contributed by atoms with Gasteiger partial charge < -0.3 is 0 Å². The van der Waals surface area contributed by atoms with Crippen LogP contribution in [0.3, 0.4) is 0 Å². The molecular formula is C14H18Cl2OSSi. The molecule has 0 aliphatic carbocycles. The van der Waals surface area contributed by atoms with Crippen molar-refractivity contribution in [3.8, 4) is 11.5 Å². The smallest absolute Gasteiger partial charge is 0.129 e. The van der Waals surface area contributed by atoms with Crippen molar-refractivity contribution in [1.29, 1.82) is 0 Å². The van der Waals surface area contributed by atoms with Crippen LogP contribution in [0.15, 0.2) is 29.2 Å². The van der Waals surface area contributed by atoms with E-state index in [1.54, 1.807) is 24.3 Å². The molecule has 0 saturated heterocycles. The molecule has 0 fully saturated rings. The van der Waals surface area contributed by atoms with Crippen LogP contribution in [0, 0.1) is 11.5 Å². The number of benzene rings is 1. The zero-order valence-corrected chi connectivity index (χ0v) is 14.9. The summed E-state index contributed by atoms with van der Waals surface area (Å²) < 4.78 is 12.3. The summed E-state index contributed by atoms with van der Waals surface area (Å²) in [7, 11) is -2.62. The molecule has 0 heterocycles. The molecular weight excluding hydrogens is 315 g/mol. The largest absolute Gasteiger partial charge is 0.254 e. The van der Waals surface area contributed by atoms with E-state index in [0.717, 1.165) is 4.90 Å². The molecule has 1 aromatic rings. The van der Waals surface area contributed by atoms with E-state index >= 15 is 0 Å². The summed E-state index contributed by atoms with van der Waals surface area (Å²) in [6.07, 6.45) is 0. The second kappa shape index (κ2) is 6.94. The van der Waals surface area contributed by atoms with E-state index in [0.29, 0.717) is 5.02 Å². The second-order valence-corrected chi connectivity index (χ2v) is 12.8. The molecule has 5 heteroatoms. The lowest BCUT2D eigenvalue weighted by molar-refractivity contribution is 0.674. The van der Waals surface area contributed by atoms with Crippen molar-refractivity contribution in [2.45, 2.75) is 42.1 Å². The first-order valence-electron chi connectivity index (χ1n) is 6.03. The van der Waals surface area contributed by atoms with E-state index in [1.165, 1.54) is 0 Å². The van der Waals surface area contributed by atoms with Gasteiger partial charge in [0.2, 0.25) is 0 Å². The lowest BCUT2D eigenvalue weighted by Crippen LogP contribution is -2.24. The first-order valence-corrected chi connectivity index (χ1v) is 11.6. The van der Waals surface area contributed by atoms with Crippen molar-refractivity contribution < 1.29 is 4.21 Å². The minimum absolute atomic E-state index is 0.216. The highest BCUT2D eigenvalue weighted by atomic mass is 35.5. The Morgan fingerprint density at radius 2 is 1.74 bits per heavy atom. The fraction of sp³-hybridized carbons (Fsp3) is 0.429. The summed E-state index contributed by atoms with van der Waals surface area (Å²) in [5.41, 5.74) is 3.22. The van der Waals surface area contributed by atoms with E-state index in [1.807, 2.05) is 6.92 Å². The third-order valence-corrected chi connectivity index (χ3v) is 5.85. The molecule has 0 aliphatic rings. The summed E-state index contributed by atoms with van der Waals surface area (Å²) in [6.45, 7) is 8.33. The normalized spacial score (nSPS) is 16.1. The average molecular weight is 333 g/mol. The molecule has 0 amide bonds. The minimum atomic E-state index is -1.45. The maximum Gasteiger partial charge on any atom is 0.129 e. The Kier molecular flexibility index (Phi) is 6.13. The van der Waals surface area contributed by atoms with Crippen LogP contribution in [-0.2, 0) is 10.8 Å². The van der Waals surface area contributed by atoms with Crippen molar-refractivity contribution in [2.24, 2.45) is 0 Å². The highest BCUT2D eigenvalue weighted by Crippen LogP contribution is 2.19. The summed E-state index contributed by atoms with van der Waals surface area (Å²) in [6, 6.07) is 7.01. The van der Waals surface area contributed by atoms with Crippen LogP contribution in [0.5, 0.6) is 0 Å². The molecule has 0 saturated carbocycles. The topological polar surface area (TPSA) is 17.1 Å². The Balaban J connectivity index is 2.81. The van der Waals surface area contributed by atoms with E-state index < -0.39 is 24.3 Å². The molecule has 1 nitrogen and oxygen atoms in total.